The van der Waals surface area contributed by atoms with Gasteiger partial charge in [-0.2, -0.15) is 0 Å². The number of β-amino-alcohol motifs (C(OH)–C–C–N with tert-alkyl or cyclic N) is 1. The molecule has 1 saturated carbocycles. The number of thiazole rings is 1. The summed E-state index contributed by atoms with van der Waals surface area (Å²) in [5.74, 6) is 0. The van der Waals surface area contributed by atoms with Crippen LogP contribution in [0.3, 0.4) is 0 Å². The Labute approximate surface area is 131 Å². The van der Waals surface area contributed by atoms with E-state index in [-0.39, 0.29) is 5.54 Å². The van der Waals surface area contributed by atoms with Crippen LogP contribution in [0.5, 0.6) is 0 Å². The molecule has 2 N–H and O–H groups in total. The molecule has 5 heteroatoms. The summed E-state index contributed by atoms with van der Waals surface area (Å²) in [6, 6.07) is 0. The first-order valence-corrected chi connectivity index (χ1v) is 8.87. The summed E-state index contributed by atoms with van der Waals surface area (Å²) in [5.41, 5.74) is 3.17. The number of aryl methyl sites for hydroxylation is 1. The minimum atomic E-state index is -0.425. The van der Waals surface area contributed by atoms with Gasteiger partial charge in [0.1, 0.15) is 0 Å². The summed E-state index contributed by atoms with van der Waals surface area (Å²) in [6.07, 6.45) is 6.82. The van der Waals surface area contributed by atoms with Gasteiger partial charge in [-0.25, -0.2) is 4.98 Å². The molecule has 0 aromatic carbocycles. The fourth-order valence-electron chi connectivity index (χ4n) is 2.88. The summed E-state index contributed by atoms with van der Waals surface area (Å²) >= 11 is 1.67. The van der Waals surface area contributed by atoms with Crippen molar-refractivity contribution in [3.05, 3.63) is 16.1 Å². The second kappa shape index (κ2) is 8.22. The number of ether oxygens (including phenoxy) is 1. The Morgan fingerprint density at radius 2 is 2.19 bits per heavy atom. The number of aliphatic hydroxyl groups is 1. The number of rotatable bonds is 8. The van der Waals surface area contributed by atoms with Gasteiger partial charge in [-0.3, -0.25) is 0 Å². The topological polar surface area (TPSA) is 54.4 Å². The SMILES string of the molecule is Cc1ncsc1CCOCC(O)CNC1(C)CCCCC1. The molecule has 1 aromatic heterocycles. The third-order valence-corrected chi connectivity index (χ3v) is 5.34. The third kappa shape index (κ3) is 5.66. The Hall–Kier alpha value is -0.490. The molecule has 0 amide bonds. The van der Waals surface area contributed by atoms with Crippen LogP contribution in [0.2, 0.25) is 0 Å². The molecule has 0 radical (unpaired) electrons. The van der Waals surface area contributed by atoms with Gasteiger partial charge in [-0.05, 0) is 26.7 Å². The summed E-state index contributed by atoms with van der Waals surface area (Å²) in [5, 5.41) is 13.5. The summed E-state index contributed by atoms with van der Waals surface area (Å²) in [7, 11) is 0. The molecule has 1 aromatic rings. The van der Waals surface area contributed by atoms with Crippen molar-refractivity contribution in [1.82, 2.24) is 10.3 Å². The zero-order valence-electron chi connectivity index (χ0n) is 13.2. The smallest absolute Gasteiger partial charge is 0.0897 e. The van der Waals surface area contributed by atoms with E-state index >= 15 is 0 Å². The van der Waals surface area contributed by atoms with Gasteiger partial charge in [0.25, 0.3) is 0 Å². The van der Waals surface area contributed by atoms with Gasteiger partial charge < -0.3 is 15.2 Å². The van der Waals surface area contributed by atoms with Gasteiger partial charge in [-0.1, -0.05) is 19.3 Å². The van der Waals surface area contributed by atoms with E-state index < -0.39 is 6.10 Å². The Bertz CT molecular complexity index is 416. The minimum absolute atomic E-state index is 0.207. The third-order valence-electron chi connectivity index (χ3n) is 4.35. The monoisotopic (exact) mass is 312 g/mol. The van der Waals surface area contributed by atoms with Crippen LogP contribution < -0.4 is 5.32 Å². The Morgan fingerprint density at radius 1 is 1.43 bits per heavy atom. The molecule has 0 aliphatic heterocycles. The lowest BCUT2D eigenvalue weighted by Gasteiger charge is -2.35. The fraction of sp³-hybridized carbons (Fsp3) is 0.812. The molecule has 120 valence electrons. The molecule has 1 fully saturated rings. The number of aromatic nitrogens is 1. The van der Waals surface area contributed by atoms with Crippen LogP contribution in [0.1, 0.15) is 49.6 Å². The molecule has 21 heavy (non-hydrogen) atoms. The van der Waals surface area contributed by atoms with Crippen molar-refractivity contribution in [3.8, 4) is 0 Å². The maximum Gasteiger partial charge on any atom is 0.0897 e. The van der Waals surface area contributed by atoms with Crippen molar-refractivity contribution >= 4 is 11.3 Å². The molecule has 1 aliphatic carbocycles. The average molecular weight is 312 g/mol. The number of aliphatic hydroxyl groups excluding tert-OH is 1. The molecule has 0 saturated heterocycles. The number of hydrogen-bond donors (Lipinski definition) is 2. The predicted octanol–water partition coefficient (Wildman–Crippen LogP) is 2.68. The van der Waals surface area contributed by atoms with E-state index in [1.165, 1.54) is 37.0 Å². The lowest BCUT2D eigenvalue weighted by molar-refractivity contribution is 0.0328. The maximum absolute atomic E-state index is 10.0. The van der Waals surface area contributed by atoms with Crippen LogP contribution in [-0.4, -0.2) is 41.5 Å². The maximum atomic E-state index is 10.0. The fourth-order valence-corrected chi connectivity index (χ4v) is 3.64. The Morgan fingerprint density at radius 3 is 2.86 bits per heavy atom. The second-order valence-corrected chi connectivity index (χ2v) is 7.28. The molecule has 0 bridgehead atoms. The average Bonchev–Trinajstić information content (AvgIpc) is 2.88. The van der Waals surface area contributed by atoms with E-state index in [2.05, 4.69) is 17.2 Å². The van der Waals surface area contributed by atoms with E-state index in [0.29, 0.717) is 19.8 Å². The highest BCUT2D eigenvalue weighted by Crippen LogP contribution is 2.27. The van der Waals surface area contributed by atoms with E-state index in [9.17, 15) is 5.11 Å². The van der Waals surface area contributed by atoms with Crippen molar-refractivity contribution in [3.63, 3.8) is 0 Å². The zero-order chi connectivity index (χ0) is 15.1. The van der Waals surface area contributed by atoms with Gasteiger partial charge in [0.15, 0.2) is 0 Å². The van der Waals surface area contributed by atoms with Crippen LogP contribution in [0.25, 0.3) is 0 Å². The first kappa shape index (κ1) is 16.9. The van der Waals surface area contributed by atoms with Crippen LogP contribution in [-0.2, 0) is 11.2 Å². The van der Waals surface area contributed by atoms with E-state index in [0.717, 1.165) is 12.1 Å². The van der Waals surface area contributed by atoms with Crippen molar-refractivity contribution < 1.29 is 9.84 Å². The number of nitrogens with zero attached hydrogens (tertiary/aromatic N) is 1. The van der Waals surface area contributed by atoms with Gasteiger partial charge >= 0.3 is 0 Å². The highest BCUT2D eigenvalue weighted by Gasteiger charge is 2.26. The number of hydrogen-bond acceptors (Lipinski definition) is 5. The zero-order valence-corrected chi connectivity index (χ0v) is 14.0. The lowest BCUT2D eigenvalue weighted by atomic mass is 9.83. The summed E-state index contributed by atoms with van der Waals surface area (Å²) in [4.78, 5) is 5.50. The Balaban J connectivity index is 1.57. The standard InChI is InChI=1S/C16H28N2O2S/c1-13-15(21-12-17-13)6-9-20-11-14(19)10-18-16(2)7-4-3-5-8-16/h12,14,18-19H,3-11H2,1-2H3. The predicted molar refractivity (Wildman–Crippen MR) is 86.9 cm³/mol. The van der Waals surface area contributed by atoms with E-state index in [1.807, 2.05) is 12.4 Å². The van der Waals surface area contributed by atoms with Crippen molar-refractivity contribution in [2.75, 3.05) is 19.8 Å². The first-order chi connectivity index (χ1) is 10.1. The van der Waals surface area contributed by atoms with Crippen LogP contribution in [0, 0.1) is 6.92 Å². The largest absolute Gasteiger partial charge is 0.389 e. The lowest BCUT2D eigenvalue weighted by Crippen LogP contribution is -2.47. The molecule has 2 rings (SSSR count). The molecular formula is C16H28N2O2S. The highest BCUT2D eigenvalue weighted by atomic mass is 32.1. The van der Waals surface area contributed by atoms with Gasteiger partial charge in [0.05, 0.1) is 30.5 Å². The molecule has 4 nitrogen and oxygen atoms in total. The van der Waals surface area contributed by atoms with Crippen LogP contribution >= 0.6 is 11.3 Å². The van der Waals surface area contributed by atoms with E-state index in [4.69, 9.17) is 4.74 Å². The Kier molecular flexibility index (Phi) is 6.61. The van der Waals surface area contributed by atoms with Gasteiger partial charge in [0, 0.05) is 23.4 Å². The van der Waals surface area contributed by atoms with Gasteiger partial charge in [0.2, 0.25) is 0 Å². The second-order valence-electron chi connectivity index (χ2n) is 6.34. The van der Waals surface area contributed by atoms with Crippen LogP contribution in [0.15, 0.2) is 5.51 Å². The van der Waals surface area contributed by atoms with E-state index in [1.54, 1.807) is 11.3 Å². The molecule has 1 aliphatic rings. The van der Waals surface area contributed by atoms with Crippen LogP contribution in [0.4, 0.5) is 0 Å². The van der Waals surface area contributed by atoms with Crippen molar-refractivity contribution in [2.45, 2.75) is 64.0 Å². The summed E-state index contributed by atoms with van der Waals surface area (Å²) in [6.45, 7) is 5.97. The molecular weight excluding hydrogens is 284 g/mol. The first-order valence-electron chi connectivity index (χ1n) is 7.99. The molecule has 1 unspecified atom stereocenters. The quantitative estimate of drug-likeness (QED) is 0.725. The van der Waals surface area contributed by atoms with Crippen molar-refractivity contribution in [1.29, 1.82) is 0 Å². The number of nitrogens with one attached hydrogen (secondary N) is 1. The molecule has 0 spiro atoms. The highest BCUT2D eigenvalue weighted by molar-refractivity contribution is 7.09. The minimum Gasteiger partial charge on any atom is -0.389 e. The molecule has 1 heterocycles. The normalized spacial score (nSPS) is 19.6. The summed E-state index contributed by atoms with van der Waals surface area (Å²) < 4.78 is 5.59. The molecule has 1 atom stereocenters. The van der Waals surface area contributed by atoms with Gasteiger partial charge in [-0.15, -0.1) is 11.3 Å². The van der Waals surface area contributed by atoms with Crippen molar-refractivity contribution in [2.24, 2.45) is 0 Å².